The van der Waals surface area contributed by atoms with Gasteiger partial charge in [-0.1, -0.05) is 12.1 Å². The number of hydrogen-bond donors (Lipinski definition) is 2. The predicted octanol–water partition coefficient (Wildman–Crippen LogP) is 0.492. The zero-order valence-electron chi connectivity index (χ0n) is 14.1. The van der Waals surface area contributed by atoms with Crippen molar-refractivity contribution in [2.45, 2.75) is 38.3 Å². The van der Waals surface area contributed by atoms with Gasteiger partial charge in [0, 0.05) is 18.6 Å². The fraction of sp³-hybridized carbons (Fsp3) is 0.438. The molecule has 0 fully saturated rings. The first-order chi connectivity index (χ1) is 11.7. The molecule has 0 aliphatic heterocycles. The number of amides is 1. The highest BCUT2D eigenvalue weighted by Gasteiger charge is 2.20. The highest BCUT2D eigenvalue weighted by Crippen LogP contribution is 2.13. The number of carbonyl (C=O) groups is 3. The summed E-state index contributed by atoms with van der Waals surface area (Å²) in [6.07, 6.45) is 0.0616. The maximum absolute atomic E-state index is 12.0. The van der Waals surface area contributed by atoms with Crippen LogP contribution in [0.25, 0.3) is 0 Å². The van der Waals surface area contributed by atoms with Crippen LogP contribution >= 0.6 is 0 Å². The van der Waals surface area contributed by atoms with Crippen LogP contribution in [0.15, 0.2) is 24.3 Å². The Balaban J connectivity index is 2.50. The van der Waals surface area contributed by atoms with Crippen LogP contribution in [0.3, 0.4) is 0 Å². The first-order valence-corrected chi connectivity index (χ1v) is 7.63. The maximum Gasteiger partial charge on any atom is 0.322 e. The number of rotatable bonds is 9. The van der Waals surface area contributed by atoms with Crippen LogP contribution in [0, 0.1) is 10.1 Å². The van der Waals surface area contributed by atoms with Crippen molar-refractivity contribution in [1.82, 2.24) is 5.32 Å². The Hall–Kier alpha value is -2.81. The molecular weight excluding hydrogens is 330 g/mol. The molecule has 1 amide bonds. The molecule has 25 heavy (non-hydrogen) atoms. The zero-order valence-corrected chi connectivity index (χ0v) is 14.1. The third kappa shape index (κ3) is 6.68. The van der Waals surface area contributed by atoms with Crippen LogP contribution in [0.2, 0.25) is 0 Å². The van der Waals surface area contributed by atoms with Crippen molar-refractivity contribution in [3.63, 3.8) is 0 Å². The molecule has 0 aliphatic rings. The van der Waals surface area contributed by atoms with E-state index in [1.165, 1.54) is 32.2 Å². The highest BCUT2D eigenvalue weighted by molar-refractivity contribution is 5.89. The standard InChI is InChI=1S/C16H21N3O6/c1-10(14(20)7-6-13(17)16(22)25-2)18-15(21)9-11-4-3-5-12(8-11)19(23)24/h3-5,8,10,13H,6-7,9,17H2,1-2H3,(H,18,21)/t10-,13-/m0/s1. The minimum absolute atomic E-state index is 0.0223. The number of nitrogens with zero attached hydrogens (tertiary/aromatic N) is 1. The van der Waals surface area contributed by atoms with Crippen molar-refractivity contribution in [2.24, 2.45) is 5.73 Å². The average Bonchev–Trinajstić information content (AvgIpc) is 2.58. The second-order valence-corrected chi connectivity index (χ2v) is 5.53. The van der Waals surface area contributed by atoms with Gasteiger partial charge in [-0.2, -0.15) is 0 Å². The summed E-state index contributed by atoms with van der Waals surface area (Å²) in [5.41, 5.74) is 5.92. The Morgan fingerprint density at radius 2 is 2.04 bits per heavy atom. The van der Waals surface area contributed by atoms with Gasteiger partial charge in [0.1, 0.15) is 6.04 Å². The number of benzene rings is 1. The normalized spacial score (nSPS) is 12.8. The van der Waals surface area contributed by atoms with Crippen LogP contribution in [0.4, 0.5) is 5.69 Å². The van der Waals surface area contributed by atoms with Gasteiger partial charge in [0.15, 0.2) is 5.78 Å². The number of nitro groups is 1. The van der Waals surface area contributed by atoms with Gasteiger partial charge in [-0.05, 0) is 18.9 Å². The lowest BCUT2D eigenvalue weighted by Gasteiger charge is -2.14. The topological polar surface area (TPSA) is 142 Å². The molecule has 9 heteroatoms. The Morgan fingerprint density at radius 1 is 1.36 bits per heavy atom. The Labute approximate surface area is 144 Å². The number of nitro benzene ring substituents is 1. The summed E-state index contributed by atoms with van der Waals surface area (Å²) in [5.74, 6) is -1.31. The molecule has 0 saturated carbocycles. The fourth-order valence-corrected chi connectivity index (χ4v) is 2.12. The Morgan fingerprint density at radius 3 is 2.64 bits per heavy atom. The van der Waals surface area contributed by atoms with E-state index in [2.05, 4.69) is 10.1 Å². The molecule has 9 nitrogen and oxygen atoms in total. The lowest BCUT2D eigenvalue weighted by atomic mass is 10.0. The summed E-state index contributed by atoms with van der Waals surface area (Å²) >= 11 is 0. The van der Waals surface area contributed by atoms with Crippen LogP contribution < -0.4 is 11.1 Å². The number of ether oxygens (including phenoxy) is 1. The van der Waals surface area contributed by atoms with E-state index in [-0.39, 0.29) is 30.7 Å². The van der Waals surface area contributed by atoms with Crippen molar-refractivity contribution < 1.29 is 24.0 Å². The van der Waals surface area contributed by atoms with E-state index < -0.39 is 28.9 Å². The smallest absolute Gasteiger partial charge is 0.322 e. The molecule has 0 spiro atoms. The molecule has 0 saturated heterocycles. The molecule has 0 unspecified atom stereocenters. The van der Waals surface area contributed by atoms with Gasteiger partial charge >= 0.3 is 5.97 Å². The molecule has 1 aromatic rings. The molecule has 1 rings (SSSR count). The first kappa shape index (κ1) is 20.2. The number of carbonyl (C=O) groups excluding carboxylic acids is 3. The molecular formula is C16H21N3O6. The molecule has 1 aromatic carbocycles. The summed E-state index contributed by atoms with van der Waals surface area (Å²) in [5, 5.41) is 13.2. The van der Waals surface area contributed by atoms with Crippen LogP contribution in [-0.2, 0) is 25.5 Å². The molecule has 2 atom stereocenters. The maximum atomic E-state index is 12.0. The van der Waals surface area contributed by atoms with Crippen molar-refractivity contribution in [2.75, 3.05) is 7.11 Å². The second kappa shape index (κ2) is 9.48. The number of nitrogens with one attached hydrogen (secondary N) is 1. The number of hydrogen-bond acceptors (Lipinski definition) is 7. The van der Waals surface area contributed by atoms with Crippen molar-refractivity contribution in [3.8, 4) is 0 Å². The summed E-state index contributed by atoms with van der Waals surface area (Å²) in [6, 6.07) is 4.08. The quantitative estimate of drug-likeness (QED) is 0.374. The number of non-ortho nitro benzene ring substituents is 1. The number of methoxy groups -OCH3 is 1. The SMILES string of the molecule is COC(=O)[C@@H](N)CCC(=O)[C@H](C)NC(=O)Cc1cccc([N+](=O)[O-])c1. The summed E-state index contributed by atoms with van der Waals surface area (Å²) < 4.78 is 4.47. The Kier molecular flexibility index (Phi) is 7.67. The van der Waals surface area contributed by atoms with Crippen LogP contribution in [0.5, 0.6) is 0 Å². The minimum atomic E-state index is -0.887. The van der Waals surface area contributed by atoms with E-state index in [4.69, 9.17) is 5.73 Å². The van der Waals surface area contributed by atoms with E-state index in [1.54, 1.807) is 6.07 Å². The van der Waals surface area contributed by atoms with Gasteiger partial charge in [0.2, 0.25) is 5.91 Å². The summed E-state index contributed by atoms with van der Waals surface area (Å²) in [7, 11) is 1.21. The number of nitrogens with two attached hydrogens (primary N) is 1. The van der Waals surface area contributed by atoms with Gasteiger partial charge in [-0.15, -0.1) is 0 Å². The van der Waals surface area contributed by atoms with Crippen LogP contribution in [0.1, 0.15) is 25.3 Å². The molecule has 0 bridgehead atoms. The average molecular weight is 351 g/mol. The number of Topliss-reactive ketones (excluding diaryl/α,β-unsaturated/α-hetero) is 1. The van der Waals surface area contributed by atoms with Crippen molar-refractivity contribution in [1.29, 1.82) is 0 Å². The van der Waals surface area contributed by atoms with E-state index in [0.717, 1.165) is 0 Å². The fourth-order valence-electron chi connectivity index (χ4n) is 2.12. The minimum Gasteiger partial charge on any atom is -0.468 e. The van der Waals surface area contributed by atoms with Gasteiger partial charge in [-0.3, -0.25) is 24.5 Å². The predicted molar refractivity (Wildman–Crippen MR) is 88.6 cm³/mol. The van der Waals surface area contributed by atoms with Gasteiger partial charge in [0.25, 0.3) is 5.69 Å². The van der Waals surface area contributed by atoms with E-state index in [0.29, 0.717) is 5.56 Å². The molecule has 0 radical (unpaired) electrons. The molecule has 136 valence electrons. The highest BCUT2D eigenvalue weighted by atomic mass is 16.6. The summed E-state index contributed by atoms with van der Waals surface area (Å²) in [6.45, 7) is 1.53. The summed E-state index contributed by atoms with van der Waals surface area (Å²) in [4.78, 5) is 45.3. The number of ketones is 1. The molecule has 0 aromatic heterocycles. The van der Waals surface area contributed by atoms with Crippen molar-refractivity contribution in [3.05, 3.63) is 39.9 Å². The second-order valence-electron chi connectivity index (χ2n) is 5.53. The molecule has 0 aliphatic carbocycles. The van der Waals surface area contributed by atoms with Crippen LogP contribution in [-0.4, -0.2) is 41.8 Å². The first-order valence-electron chi connectivity index (χ1n) is 7.63. The monoisotopic (exact) mass is 351 g/mol. The van der Waals surface area contributed by atoms with Gasteiger partial charge < -0.3 is 15.8 Å². The zero-order chi connectivity index (χ0) is 19.0. The third-order valence-electron chi connectivity index (χ3n) is 3.55. The lowest BCUT2D eigenvalue weighted by molar-refractivity contribution is -0.384. The van der Waals surface area contributed by atoms with Gasteiger partial charge in [0.05, 0.1) is 24.5 Å². The van der Waals surface area contributed by atoms with E-state index >= 15 is 0 Å². The third-order valence-corrected chi connectivity index (χ3v) is 3.55. The lowest BCUT2D eigenvalue weighted by Crippen LogP contribution is -2.40. The number of esters is 1. The van der Waals surface area contributed by atoms with Gasteiger partial charge in [-0.25, -0.2) is 0 Å². The van der Waals surface area contributed by atoms with E-state index in [1.807, 2.05) is 0 Å². The van der Waals surface area contributed by atoms with E-state index in [9.17, 15) is 24.5 Å². The Bertz CT molecular complexity index is 661. The molecule has 0 heterocycles. The largest absolute Gasteiger partial charge is 0.468 e. The molecule has 3 N–H and O–H groups in total. The van der Waals surface area contributed by atoms with Crippen molar-refractivity contribution >= 4 is 23.3 Å².